The maximum atomic E-state index is 6.05. The zero-order valence-electron chi connectivity index (χ0n) is 10.5. The smallest absolute Gasteiger partial charge is 0.108 e. The van der Waals surface area contributed by atoms with Crippen molar-refractivity contribution in [2.24, 2.45) is 12.8 Å². The second-order valence-corrected chi connectivity index (χ2v) is 4.38. The molecule has 0 spiro atoms. The number of nitrogens with zero attached hydrogens (tertiary/aromatic N) is 2. The van der Waals surface area contributed by atoms with Gasteiger partial charge in [0.15, 0.2) is 0 Å². The number of methoxy groups -OCH3 is 1. The lowest BCUT2D eigenvalue weighted by Gasteiger charge is -2.14. The normalized spacial score (nSPS) is 15.0. The number of hydrogen-bond donors (Lipinski definition) is 1. The van der Waals surface area contributed by atoms with E-state index in [1.165, 1.54) is 0 Å². The van der Waals surface area contributed by atoms with Crippen LogP contribution in [0.5, 0.6) is 0 Å². The molecule has 4 heteroatoms. The number of imidazole rings is 1. The Balaban J connectivity index is 2.20. The quantitative estimate of drug-likeness (QED) is 0.765. The molecule has 1 heterocycles. The van der Waals surface area contributed by atoms with Crippen molar-refractivity contribution in [1.82, 2.24) is 9.55 Å². The Bertz CT molecular complexity index is 298. The maximum absolute atomic E-state index is 6.05. The van der Waals surface area contributed by atoms with Crippen LogP contribution in [0.2, 0.25) is 0 Å². The molecule has 2 unspecified atom stereocenters. The molecule has 0 aliphatic carbocycles. The van der Waals surface area contributed by atoms with Crippen molar-refractivity contribution in [3.05, 3.63) is 18.2 Å². The standard InChI is InChI=1S/C12H23N3O/c1-10(16-3)4-5-11(13)6-7-12-14-8-9-15(12)2/h8-11H,4-7,13H2,1-3H3. The highest BCUT2D eigenvalue weighted by Gasteiger charge is 2.08. The molecule has 0 fully saturated rings. The molecule has 0 amide bonds. The molecule has 4 nitrogen and oxygen atoms in total. The average Bonchev–Trinajstić information content (AvgIpc) is 2.69. The molecule has 0 aliphatic rings. The van der Waals surface area contributed by atoms with Gasteiger partial charge in [-0.2, -0.15) is 0 Å². The second-order valence-electron chi connectivity index (χ2n) is 4.38. The molecule has 16 heavy (non-hydrogen) atoms. The minimum Gasteiger partial charge on any atom is -0.382 e. The lowest BCUT2D eigenvalue weighted by molar-refractivity contribution is 0.107. The van der Waals surface area contributed by atoms with Gasteiger partial charge in [-0.1, -0.05) is 0 Å². The van der Waals surface area contributed by atoms with E-state index in [0.29, 0.717) is 6.10 Å². The summed E-state index contributed by atoms with van der Waals surface area (Å²) in [5.74, 6) is 1.11. The van der Waals surface area contributed by atoms with Crippen LogP contribution in [0, 0.1) is 0 Å². The number of aromatic nitrogens is 2. The van der Waals surface area contributed by atoms with Crippen LogP contribution >= 0.6 is 0 Å². The van der Waals surface area contributed by atoms with Crippen LogP contribution in [0.3, 0.4) is 0 Å². The van der Waals surface area contributed by atoms with Gasteiger partial charge in [-0.15, -0.1) is 0 Å². The van der Waals surface area contributed by atoms with Gasteiger partial charge in [0.1, 0.15) is 5.82 Å². The zero-order chi connectivity index (χ0) is 12.0. The third-order valence-corrected chi connectivity index (χ3v) is 3.01. The van der Waals surface area contributed by atoms with E-state index in [1.807, 2.05) is 24.0 Å². The van der Waals surface area contributed by atoms with Crippen LogP contribution in [0.4, 0.5) is 0 Å². The van der Waals surface area contributed by atoms with Gasteiger partial charge < -0.3 is 15.0 Å². The topological polar surface area (TPSA) is 53.1 Å². The molecule has 2 N–H and O–H groups in total. The van der Waals surface area contributed by atoms with Crippen molar-refractivity contribution in [2.75, 3.05) is 7.11 Å². The molecule has 2 atom stereocenters. The predicted octanol–water partition coefficient (Wildman–Crippen LogP) is 1.50. The molecular formula is C12H23N3O. The fraction of sp³-hybridized carbons (Fsp3) is 0.750. The number of hydrogen-bond acceptors (Lipinski definition) is 3. The Kier molecular flexibility index (Phi) is 5.49. The van der Waals surface area contributed by atoms with Crippen LogP contribution in [0.25, 0.3) is 0 Å². The molecular weight excluding hydrogens is 202 g/mol. The maximum Gasteiger partial charge on any atom is 0.108 e. The lowest BCUT2D eigenvalue weighted by atomic mass is 10.0. The highest BCUT2D eigenvalue weighted by molar-refractivity contribution is 4.91. The van der Waals surface area contributed by atoms with Crippen LogP contribution in [-0.2, 0) is 18.2 Å². The Morgan fingerprint density at radius 1 is 1.44 bits per heavy atom. The van der Waals surface area contributed by atoms with Crippen LogP contribution in [0.15, 0.2) is 12.4 Å². The van der Waals surface area contributed by atoms with Crippen LogP contribution in [-0.4, -0.2) is 28.8 Å². The minimum atomic E-state index is 0.245. The molecule has 0 radical (unpaired) electrons. The average molecular weight is 225 g/mol. The fourth-order valence-corrected chi connectivity index (χ4v) is 1.66. The molecule has 0 saturated carbocycles. The van der Waals surface area contributed by atoms with E-state index in [0.717, 1.165) is 31.5 Å². The van der Waals surface area contributed by atoms with E-state index in [-0.39, 0.29) is 6.04 Å². The molecule has 0 aliphatic heterocycles. The van der Waals surface area contributed by atoms with Crippen molar-refractivity contribution in [3.63, 3.8) is 0 Å². The number of nitrogens with two attached hydrogens (primary N) is 1. The molecule has 1 aromatic rings. The summed E-state index contributed by atoms with van der Waals surface area (Å²) < 4.78 is 7.24. The Labute approximate surface area is 97.8 Å². The van der Waals surface area contributed by atoms with Gasteiger partial charge in [0.05, 0.1) is 6.10 Å². The molecule has 92 valence electrons. The number of aryl methyl sites for hydroxylation is 2. The summed E-state index contributed by atoms with van der Waals surface area (Å²) in [6.45, 7) is 2.07. The van der Waals surface area contributed by atoms with Crippen LogP contribution < -0.4 is 5.73 Å². The minimum absolute atomic E-state index is 0.245. The van der Waals surface area contributed by atoms with E-state index in [4.69, 9.17) is 10.5 Å². The zero-order valence-corrected chi connectivity index (χ0v) is 10.5. The summed E-state index contributed by atoms with van der Waals surface area (Å²) in [4.78, 5) is 4.28. The third kappa shape index (κ3) is 4.33. The van der Waals surface area contributed by atoms with Crippen LogP contribution in [0.1, 0.15) is 32.0 Å². The Hall–Kier alpha value is -0.870. The Morgan fingerprint density at radius 3 is 2.75 bits per heavy atom. The van der Waals surface area contributed by atoms with Gasteiger partial charge in [0.25, 0.3) is 0 Å². The largest absolute Gasteiger partial charge is 0.382 e. The molecule has 0 bridgehead atoms. The highest BCUT2D eigenvalue weighted by Crippen LogP contribution is 2.08. The molecule has 0 aromatic carbocycles. The first-order valence-electron chi connectivity index (χ1n) is 5.88. The van der Waals surface area contributed by atoms with Crippen molar-refractivity contribution in [2.45, 2.75) is 44.8 Å². The monoisotopic (exact) mass is 225 g/mol. The van der Waals surface area contributed by atoms with Gasteiger partial charge in [0, 0.05) is 39.0 Å². The first-order chi connectivity index (χ1) is 7.63. The number of rotatable bonds is 7. The summed E-state index contributed by atoms with van der Waals surface area (Å²) in [5.41, 5.74) is 6.05. The van der Waals surface area contributed by atoms with E-state index >= 15 is 0 Å². The van der Waals surface area contributed by atoms with Crippen molar-refractivity contribution in [1.29, 1.82) is 0 Å². The van der Waals surface area contributed by atoms with E-state index in [9.17, 15) is 0 Å². The van der Waals surface area contributed by atoms with Gasteiger partial charge in [-0.25, -0.2) is 4.98 Å². The summed E-state index contributed by atoms with van der Waals surface area (Å²) in [6, 6.07) is 0.245. The summed E-state index contributed by atoms with van der Waals surface area (Å²) in [5, 5.41) is 0. The first kappa shape index (κ1) is 13.2. The fourth-order valence-electron chi connectivity index (χ4n) is 1.66. The lowest BCUT2D eigenvalue weighted by Crippen LogP contribution is -2.23. The highest BCUT2D eigenvalue weighted by atomic mass is 16.5. The predicted molar refractivity (Wildman–Crippen MR) is 65.2 cm³/mol. The summed E-state index contributed by atoms with van der Waals surface area (Å²) in [6.07, 6.45) is 8.08. The number of ether oxygens (including phenoxy) is 1. The van der Waals surface area contributed by atoms with Gasteiger partial charge in [-0.3, -0.25) is 0 Å². The first-order valence-corrected chi connectivity index (χ1v) is 5.88. The van der Waals surface area contributed by atoms with E-state index < -0.39 is 0 Å². The Morgan fingerprint density at radius 2 is 2.19 bits per heavy atom. The van der Waals surface area contributed by atoms with Gasteiger partial charge in [0.2, 0.25) is 0 Å². The van der Waals surface area contributed by atoms with Gasteiger partial charge >= 0.3 is 0 Å². The van der Waals surface area contributed by atoms with E-state index in [1.54, 1.807) is 7.11 Å². The molecule has 1 rings (SSSR count). The van der Waals surface area contributed by atoms with E-state index in [2.05, 4.69) is 11.9 Å². The third-order valence-electron chi connectivity index (χ3n) is 3.01. The summed E-state index contributed by atoms with van der Waals surface area (Å²) >= 11 is 0. The second kappa shape index (κ2) is 6.66. The SMILES string of the molecule is COC(C)CCC(N)CCc1nccn1C. The van der Waals surface area contributed by atoms with Crippen molar-refractivity contribution >= 4 is 0 Å². The van der Waals surface area contributed by atoms with Crippen molar-refractivity contribution < 1.29 is 4.74 Å². The molecule has 1 aromatic heterocycles. The summed E-state index contributed by atoms with van der Waals surface area (Å²) in [7, 11) is 3.75. The van der Waals surface area contributed by atoms with Crippen molar-refractivity contribution in [3.8, 4) is 0 Å². The van der Waals surface area contributed by atoms with Gasteiger partial charge in [-0.05, 0) is 26.2 Å². The molecule has 0 saturated heterocycles.